The number of nitrogens with one attached hydrogen (secondary N) is 1. The van der Waals surface area contributed by atoms with Gasteiger partial charge in [-0.1, -0.05) is 6.07 Å². The van der Waals surface area contributed by atoms with E-state index in [0.29, 0.717) is 0 Å². The topological polar surface area (TPSA) is 69.6 Å². The number of anilines is 1. The highest BCUT2D eigenvalue weighted by molar-refractivity contribution is 5.91. The normalized spacial score (nSPS) is 10.9. The fourth-order valence-corrected chi connectivity index (χ4v) is 1.27. The lowest BCUT2D eigenvalue weighted by Crippen LogP contribution is -2.35. The highest BCUT2D eigenvalue weighted by atomic mass is 19.4. The summed E-state index contributed by atoms with van der Waals surface area (Å²) in [7, 11) is 1.22. The molecule has 0 spiro atoms. The van der Waals surface area contributed by atoms with Gasteiger partial charge in [0.2, 0.25) is 0 Å². The highest BCUT2D eigenvalue weighted by Crippen LogP contribution is 2.30. The van der Waals surface area contributed by atoms with Gasteiger partial charge in [0.05, 0.1) is 5.56 Å². The van der Waals surface area contributed by atoms with Crippen LogP contribution in [0.4, 0.5) is 23.7 Å². The van der Waals surface area contributed by atoms with Crippen LogP contribution in [0.5, 0.6) is 0 Å². The van der Waals surface area contributed by atoms with Gasteiger partial charge in [0, 0.05) is 12.7 Å². The van der Waals surface area contributed by atoms with Crippen molar-refractivity contribution < 1.29 is 27.9 Å². The van der Waals surface area contributed by atoms with Crippen LogP contribution in [0.3, 0.4) is 0 Å². The summed E-state index contributed by atoms with van der Waals surface area (Å²) in [5, 5.41) is 10.7. The van der Waals surface area contributed by atoms with Crippen LogP contribution in [0.1, 0.15) is 5.56 Å². The van der Waals surface area contributed by atoms with Crippen molar-refractivity contribution >= 4 is 17.7 Å². The summed E-state index contributed by atoms with van der Waals surface area (Å²) in [6.07, 6.45) is -4.51. The second-order valence-corrected chi connectivity index (χ2v) is 3.76. The zero-order chi connectivity index (χ0) is 14.6. The number of amides is 2. The number of alkyl halides is 3. The number of likely N-dealkylation sites (N-methyl/N-ethyl adjacent to an activating group) is 1. The summed E-state index contributed by atoms with van der Waals surface area (Å²) in [6.45, 7) is -0.551. The lowest BCUT2D eigenvalue weighted by Gasteiger charge is -2.16. The van der Waals surface area contributed by atoms with Crippen molar-refractivity contribution in [2.75, 3.05) is 18.9 Å². The Morgan fingerprint density at radius 3 is 2.53 bits per heavy atom. The fraction of sp³-hybridized carbons (Fsp3) is 0.273. The van der Waals surface area contributed by atoms with Crippen molar-refractivity contribution in [2.45, 2.75) is 6.18 Å². The molecule has 0 aliphatic heterocycles. The van der Waals surface area contributed by atoms with Gasteiger partial charge in [-0.05, 0) is 18.2 Å². The molecule has 2 N–H and O–H groups in total. The van der Waals surface area contributed by atoms with Crippen LogP contribution in [-0.2, 0) is 11.0 Å². The number of carbonyl (C=O) groups is 2. The summed E-state index contributed by atoms with van der Waals surface area (Å²) in [5.41, 5.74) is -0.955. The molecule has 0 saturated carbocycles. The zero-order valence-electron chi connectivity index (χ0n) is 9.86. The number of halogens is 3. The molecule has 0 atom stereocenters. The van der Waals surface area contributed by atoms with Crippen LogP contribution < -0.4 is 5.32 Å². The SMILES string of the molecule is CN(CC(=O)O)C(=O)Nc1cccc(C(F)(F)F)c1. The summed E-state index contributed by atoms with van der Waals surface area (Å²) < 4.78 is 37.3. The molecule has 0 heterocycles. The van der Waals surface area contributed by atoms with Gasteiger partial charge in [0.15, 0.2) is 0 Å². The molecule has 1 aromatic carbocycles. The van der Waals surface area contributed by atoms with Crippen LogP contribution in [-0.4, -0.2) is 35.6 Å². The predicted molar refractivity (Wildman–Crippen MR) is 60.7 cm³/mol. The van der Waals surface area contributed by atoms with E-state index >= 15 is 0 Å². The second kappa shape index (κ2) is 5.59. The minimum absolute atomic E-state index is 0.0583. The molecule has 5 nitrogen and oxygen atoms in total. The molecule has 0 aliphatic rings. The number of rotatable bonds is 3. The van der Waals surface area contributed by atoms with Gasteiger partial charge < -0.3 is 15.3 Å². The molecule has 0 aromatic heterocycles. The van der Waals surface area contributed by atoms with Crippen LogP contribution in [0, 0.1) is 0 Å². The van der Waals surface area contributed by atoms with Crippen molar-refractivity contribution in [3.63, 3.8) is 0 Å². The Bertz CT molecular complexity index is 488. The van der Waals surface area contributed by atoms with E-state index < -0.39 is 30.3 Å². The smallest absolute Gasteiger partial charge is 0.416 e. The van der Waals surface area contributed by atoms with E-state index in [4.69, 9.17) is 5.11 Å². The van der Waals surface area contributed by atoms with E-state index in [-0.39, 0.29) is 5.69 Å². The van der Waals surface area contributed by atoms with E-state index in [1.165, 1.54) is 13.1 Å². The lowest BCUT2D eigenvalue weighted by molar-refractivity contribution is -0.138. The van der Waals surface area contributed by atoms with Crippen LogP contribution >= 0.6 is 0 Å². The van der Waals surface area contributed by atoms with Gasteiger partial charge in [-0.3, -0.25) is 4.79 Å². The number of urea groups is 1. The molecule has 19 heavy (non-hydrogen) atoms. The first-order valence-electron chi connectivity index (χ1n) is 5.11. The summed E-state index contributed by atoms with van der Waals surface area (Å²) >= 11 is 0. The largest absolute Gasteiger partial charge is 0.480 e. The molecular weight excluding hydrogens is 265 g/mol. The number of carboxylic acids is 1. The van der Waals surface area contributed by atoms with Crippen LogP contribution in [0.25, 0.3) is 0 Å². The highest BCUT2D eigenvalue weighted by Gasteiger charge is 2.30. The van der Waals surface area contributed by atoms with Crippen molar-refractivity contribution in [3.8, 4) is 0 Å². The third kappa shape index (κ3) is 4.49. The number of benzene rings is 1. The fourth-order valence-electron chi connectivity index (χ4n) is 1.27. The molecule has 0 unspecified atom stereocenters. The Hall–Kier alpha value is -2.25. The molecular formula is C11H11F3N2O3. The average Bonchev–Trinajstić information content (AvgIpc) is 2.27. The summed E-state index contributed by atoms with van der Waals surface area (Å²) in [5.74, 6) is -1.22. The second-order valence-electron chi connectivity index (χ2n) is 3.76. The van der Waals surface area contributed by atoms with E-state index in [0.717, 1.165) is 23.1 Å². The minimum Gasteiger partial charge on any atom is -0.480 e. The van der Waals surface area contributed by atoms with Gasteiger partial charge in [0.25, 0.3) is 0 Å². The Morgan fingerprint density at radius 2 is 2.00 bits per heavy atom. The Balaban J connectivity index is 2.77. The monoisotopic (exact) mass is 276 g/mol. The number of hydrogen-bond donors (Lipinski definition) is 2. The first-order valence-corrected chi connectivity index (χ1v) is 5.11. The maximum Gasteiger partial charge on any atom is 0.416 e. The molecule has 2 amide bonds. The van der Waals surface area contributed by atoms with Gasteiger partial charge >= 0.3 is 18.2 Å². The van der Waals surface area contributed by atoms with E-state index in [2.05, 4.69) is 5.32 Å². The van der Waals surface area contributed by atoms with E-state index in [9.17, 15) is 22.8 Å². The first-order chi connectivity index (χ1) is 8.70. The van der Waals surface area contributed by atoms with E-state index in [1.807, 2.05) is 0 Å². The maximum atomic E-state index is 12.4. The molecule has 0 fully saturated rings. The molecule has 1 aromatic rings. The molecule has 104 valence electrons. The van der Waals surface area contributed by atoms with Crippen LogP contribution in [0.15, 0.2) is 24.3 Å². The molecule has 0 saturated heterocycles. The van der Waals surface area contributed by atoms with Gasteiger partial charge in [0.1, 0.15) is 6.54 Å². The number of carboxylic acid groups (broad SMARTS) is 1. The quantitative estimate of drug-likeness (QED) is 0.889. The third-order valence-electron chi connectivity index (χ3n) is 2.16. The van der Waals surface area contributed by atoms with Gasteiger partial charge in [-0.2, -0.15) is 13.2 Å². The standard InChI is InChI=1S/C11H11F3N2O3/c1-16(6-9(17)18)10(19)15-8-4-2-3-7(5-8)11(12,13)14/h2-5H,6H2,1H3,(H,15,19)(H,17,18). The number of aliphatic carboxylic acids is 1. The molecule has 1 rings (SSSR count). The van der Waals surface area contributed by atoms with Crippen molar-refractivity contribution in [3.05, 3.63) is 29.8 Å². The summed E-state index contributed by atoms with van der Waals surface area (Å²) in [6, 6.07) is 3.27. The number of carbonyl (C=O) groups excluding carboxylic acids is 1. The molecule has 0 bridgehead atoms. The Kier molecular flexibility index (Phi) is 4.36. The minimum atomic E-state index is -4.51. The Morgan fingerprint density at radius 1 is 1.37 bits per heavy atom. The van der Waals surface area contributed by atoms with Crippen LogP contribution in [0.2, 0.25) is 0 Å². The van der Waals surface area contributed by atoms with Gasteiger partial charge in [-0.25, -0.2) is 4.79 Å². The van der Waals surface area contributed by atoms with Crippen molar-refractivity contribution in [1.29, 1.82) is 0 Å². The van der Waals surface area contributed by atoms with E-state index in [1.54, 1.807) is 0 Å². The maximum absolute atomic E-state index is 12.4. The lowest BCUT2D eigenvalue weighted by atomic mass is 10.2. The van der Waals surface area contributed by atoms with Crippen molar-refractivity contribution in [1.82, 2.24) is 4.90 Å². The molecule has 0 radical (unpaired) electrons. The molecule has 0 aliphatic carbocycles. The summed E-state index contributed by atoms with van der Waals surface area (Å²) in [4.78, 5) is 22.7. The number of nitrogens with zero attached hydrogens (tertiary/aromatic N) is 1. The number of hydrogen-bond acceptors (Lipinski definition) is 2. The average molecular weight is 276 g/mol. The zero-order valence-corrected chi connectivity index (χ0v) is 9.86. The van der Waals surface area contributed by atoms with Crippen molar-refractivity contribution in [2.24, 2.45) is 0 Å². The molecule has 8 heteroatoms. The van der Waals surface area contributed by atoms with Gasteiger partial charge in [-0.15, -0.1) is 0 Å². The predicted octanol–water partition coefficient (Wildman–Crippen LogP) is 2.25. The Labute approximate surface area is 106 Å². The first kappa shape index (κ1) is 14.8. The third-order valence-corrected chi connectivity index (χ3v) is 2.16.